The first-order chi connectivity index (χ1) is 7.16. The summed E-state index contributed by atoms with van der Waals surface area (Å²) in [5.41, 5.74) is 2.97. The van der Waals surface area contributed by atoms with E-state index in [1.54, 1.807) is 12.3 Å². The Morgan fingerprint density at radius 1 is 1.20 bits per heavy atom. The van der Waals surface area contributed by atoms with Gasteiger partial charge < -0.3 is 5.11 Å². The molecule has 1 aromatic carbocycles. The zero-order chi connectivity index (χ0) is 10.8. The molecule has 2 rings (SSSR count). The van der Waals surface area contributed by atoms with Gasteiger partial charge in [-0.2, -0.15) is 0 Å². The molecule has 0 saturated heterocycles. The van der Waals surface area contributed by atoms with Gasteiger partial charge in [-0.1, -0.05) is 17.7 Å². The van der Waals surface area contributed by atoms with Crippen molar-refractivity contribution in [2.24, 2.45) is 0 Å². The molecular weight excluding hydrogens is 210 g/mol. The molecule has 1 aromatic heterocycles. The first-order valence-corrected chi connectivity index (χ1v) is 4.95. The van der Waals surface area contributed by atoms with E-state index in [4.69, 9.17) is 11.6 Å². The number of nitrogens with zero attached hydrogens (tertiary/aromatic N) is 1. The lowest BCUT2D eigenvalue weighted by atomic mass is 10.0. The summed E-state index contributed by atoms with van der Waals surface area (Å²) in [6.07, 6.45) is 3.11. The molecule has 0 saturated carbocycles. The van der Waals surface area contributed by atoms with E-state index in [2.05, 4.69) is 4.98 Å². The molecule has 1 heterocycles. The number of hydrogen-bond acceptors (Lipinski definition) is 2. The summed E-state index contributed by atoms with van der Waals surface area (Å²) in [5, 5.41) is 10.0. The molecule has 0 radical (unpaired) electrons. The highest BCUT2D eigenvalue weighted by Crippen LogP contribution is 2.27. The van der Waals surface area contributed by atoms with Crippen LogP contribution in [0.2, 0.25) is 5.02 Å². The lowest BCUT2D eigenvalue weighted by molar-refractivity contribution is 0.473. The van der Waals surface area contributed by atoms with Crippen molar-refractivity contribution in [2.45, 2.75) is 6.92 Å². The SMILES string of the molecule is Cc1ccc(Cl)cc1-c1cncc(O)c1. The van der Waals surface area contributed by atoms with Gasteiger partial charge in [-0.3, -0.25) is 4.98 Å². The summed E-state index contributed by atoms with van der Waals surface area (Å²) in [7, 11) is 0. The van der Waals surface area contributed by atoms with Crippen molar-refractivity contribution in [2.75, 3.05) is 0 Å². The lowest BCUT2D eigenvalue weighted by Gasteiger charge is -2.06. The van der Waals surface area contributed by atoms with Crippen molar-refractivity contribution in [1.29, 1.82) is 0 Å². The first kappa shape index (κ1) is 9.99. The Kier molecular flexibility index (Phi) is 2.60. The average molecular weight is 220 g/mol. The van der Waals surface area contributed by atoms with Gasteiger partial charge >= 0.3 is 0 Å². The van der Waals surface area contributed by atoms with E-state index in [0.29, 0.717) is 5.02 Å². The summed E-state index contributed by atoms with van der Waals surface area (Å²) in [5.74, 6) is 0.159. The second-order valence-electron chi connectivity index (χ2n) is 3.39. The highest BCUT2D eigenvalue weighted by atomic mass is 35.5. The molecule has 76 valence electrons. The predicted octanol–water partition coefficient (Wildman–Crippen LogP) is 3.42. The molecule has 0 atom stereocenters. The standard InChI is InChI=1S/C12H10ClNO/c1-8-2-3-10(13)5-12(8)9-4-11(15)7-14-6-9/h2-7,15H,1H3. The fourth-order valence-electron chi connectivity index (χ4n) is 1.48. The molecule has 0 aliphatic rings. The van der Waals surface area contributed by atoms with Gasteiger partial charge in [0, 0.05) is 16.8 Å². The minimum atomic E-state index is 0.159. The molecule has 0 aliphatic carbocycles. The summed E-state index contributed by atoms with van der Waals surface area (Å²) in [6, 6.07) is 7.33. The van der Waals surface area contributed by atoms with Crippen LogP contribution in [0.15, 0.2) is 36.7 Å². The first-order valence-electron chi connectivity index (χ1n) is 4.57. The number of halogens is 1. The van der Waals surface area contributed by atoms with Crippen LogP contribution in [0.1, 0.15) is 5.56 Å². The van der Waals surface area contributed by atoms with Crippen molar-refractivity contribution >= 4 is 11.6 Å². The molecule has 0 spiro atoms. The molecule has 15 heavy (non-hydrogen) atoms. The fraction of sp³-hybridized carbons (Fsp3) is 0.0833. The highest BCUT2D eigenvalue weighted by Gasteiger charge is 2.03. The molecular formula is C12H10ClNO. The Labute approximate surface area is 93.2 Å². The number of aryl methyl sites for hydroxylation is 1. The Balaban J connectivity index is 2.58. The summed E-state index contributed by atoms with van der Waals surface area (Å²) in [4.78, 5) is 3.94. The van der Waals surface area contributed by atoms with E-state index in [9.17, 15) is 5.11 Å². The molecule has 0 unspecified atom stereocenters. The van der Waals surface area contributed by atoms with Crippen molar-refractivity contribution < 1.29 is 5.11 Å². The van der Waals surface area contributed by atoms with Gasteiger partial charge in [0.15, 0.2) is 0 Å². The minimum absolute atomic E-state index is 0.159. The molecule has 0 fully saturated rings. The second-order valence-corrected chi connectivity index (χ2v) is 3.83. The van der Waals surface area contributed by atoms with Crippen LogP contribution < -0.4 is 0 Å². The maximum Gasteiger partial charge on any atom is 0.134 e. The third-order valence-corrected chi connectivity index (χ3v) is 2.47. The van der Waals surface area contributed by atoms with Crippen LogP contribution in [0, 0.1) is 6.92 Å². The van der Waals surface area contributed by atoms with Gasteiger partial charge in [-0.25, -0.2) is 0 Å². The van der Waals surface area contributed by atoms with Crippen LogP contribution in [0.25, 0.3) is 11.1 Å². The second kappa shape index (κ2) is 3.91. The van der Waals surface area contributed by atoms with E-state index >= 15 is 0 Å². The number of rotatable bonds is 1. The minimum Gasteiger partial charge on any atom is -0.506 e. The van der Waals surface area contributed by atoms with Crippen LogP contribution in [-0.4, -0.2) is 10.1 Å². The van der Waals surface area contributed by atoms with Crippen molar-refractivity contribution in [3.05, 3.63) is 47.2 Å². The van der Waals surface area contributed by atoms with Crippen LogP contribution in [0.5, 0.6) is 5.75 Å². The van der Waals surface area contributed by atoms with Crippen LogP contribution in [0.4, 0.5) is 0 Å². The van der Waals surface area contributed by atoms with Crippen LogP contribution >= 0.6 is 11.6 Å². The maximum atomic E-state index is 9.34. The summed E-state index contributed by atoms with van der Waals surface area (Å²) in [6.45, 7) is 2.00. The van der Waals surface area contributed by atoms with Crippen LogP contribution in [-0.2, 0) is 0 Å². The Bertz CT molecular complexity index is 497. The van der Waals surface area contributed by atoms with Crippen molar-refractivity contribution in [3.63, 3.8) is 0 Å². The largest absolute Gasteiger partial charge is 0.506 e. The molecule has 2 nitrogen and oxygen atoms in total. The van der Waals surface area contributed by atoms with E-state index in [-0.39, 0.29) is 5.75 Å². The Hall–Kier alpha value is -1.54. The molecule has 0 bridgehead atoms. The lowest BCUT2D eigenvalue weighted by Crippen LogP contribution is -1.84. The maximum absolute atomic E-state index is 9.34. The van der Waals surface area contributed by atoms with E-state index in [0.717, 1.165) is 16.7 Å². The third-order valence-electron chi connectivity index (χ3n) is 2.23. The fourth-order valence-corrected chi connectivity index (χ4v) is 1.65. The molecule has 0 aliphatic heterocycles. The van der Waals surface area contributed by atoms with E-state index < -0.39 is 0 Å². The van der Waals surface area contributed by atoms with Crippen molar-refractivity contribution in [1.82, 2.24) is 4.98 Å². The van der Waals surface area contributed by atoms with Gasteiger partial charge in [0.25, 0.3) is 0 Å². The summed E-state index contributed by atoms with van der Waals surface area (Å²) >= 11 is 5.92. The molecule has 0 amide bonds. The topological polar surface area (TPSA) is 33.1 Å². The van der Waals surface area contributed by atoms with E-state index in [1.807, 2.05) is 25.1 Å². The third kappa shape index (κ3) is 2.10. The number of benzene rings is 1. The van der Waals surface area contributed by atoms with Gasteiger partial charge in [0.05, 0.1) is 6.20 Å². The average Bonchev–Trinajstić information content (AvgIpc) is 2.22. The van der Waals surface area contributed by atoms with Gasteiger partial charge in [-0.05, 0) is 36.2 Å². The van der Waals surface area contributed by atoms with Crippen molar-refractivity contribution in [3.8, 4) is 16.9 Å². The molecule has 3 heteroatoms. The Morgan fingerprint density at radius 3 is 2.73 bits per heavy atom. The number of hydrogen-bond donors (Lipinski definition) is 1. The zero-order valence-electron chi connectivity index (χ0n) is 8.24. The van der Waals surface area contributed by atoms with Gasteiger partial charge in [0.2, 0.25) is 0 Å². The Morgan fingerprint density at radius 2 is 2.00 bits per heavy atom. The van der Waals surface area contributed by atoms with Gasteiger partial charge in [-0.15, -0.1) is 0 Å². The summed E-state index contributed by atoms with van der Waals surface area (Å²) < 4.78 is 0. The number of aromatic hydroxyl groups is 1. The normalized spacial score (nSPS) is 10.3. The van der Waals surface area contributed by atoms with E-state index in [1.165, 1.54) is 6.20 Å². The smallest absolute Gasteiger partial charge is 0.134 e. The van der Waals surface area contributed by atoms with Gasteiger partial charge in [0.1, 0.15) is 5.75 Å². The zero-order valence-corrected chi connectivity index (χ0v) is 8.99. The monoisotopic (exact) mass is 219 g/mol. The molecule has 1 N–H and O–H groups in total. The molecule has 2 aromatic rings. The van der Waals surface area contributed by atoms with Crippen LogP contribution in [0.3, 0.4) is 0 Å². The number of pyridine rings is 1. The number of aromatic nitrogens is 1. The predicted molar refractivity (Wildman–Crippen MR) is 61.1 cm³/mol. The quantitative estimate of drug-likeness (QED) is 0.797. The highest BCUT2D eigenvalue weighted by molar-refractivity contribution is 6.30.